The SMILES string of the molecule is CC(=O)c1cc(N2CCOCC2)cn2c(=O)c(O)c(-c3ncc(Cc4ccc(F)cc4)s3)nc12. The fraction of sp³-hybridized carbons (Fsp3) is 0.250. The van der Waals surface area contributed by atoms with Crippen molar-refractivity contribution in [2.24, 2.45) is 0 Å². The van der Waals surface area contributed by atoms with Crippen molar-refractivity contribution in [2.45, 2.75) is 13.3 Å². The number of thiazole rings is 1. The van der Waals surface area contributed by atoms with Gasteiger partial charge in [-0.3, -0.25) is 14.0 Å². The maximum Gasteiger partial charge on any atom is 0.300 e. The number of pyridine rings is 1. The zero-order valence-corrected chi connectivity index (χ0v) is 19.1. The van der Waals surface area contributed by atoms with E-state index in [9.17, 15) is 19.1 Å². The molecule has 10 heteroatoms. The van der Waals surface area contributed by atoms with Crippen molar-refractivity contribution in [1.82, 2.24) is 14.4 Å². The van der Waals surface area contributed by atoms with Crippen molar-refractivity contribution in [3.05, 3.63) is 74.9 Å². The van der Waals surface area contributed by atoms with Gasteiger partial charge < -0.3 is 14.7 Å². The Hall–Kier alpha value is -3.63. The third kappa shape index (κ3) is 4.17. The number of rotatable bonds is 5. The molecular weight excluding hydrogens is 459 g/mol. The number of morpholine rings is 1. The Bertz CT molecular complexity index is 1440. The fourth-order valence-electron chi connectivity index (χ4n) is 3.92. The summed E-state index contributed by atoms with van der Waals surface area (Å²) in [5.74, 6) is -1.08. The Morgan fingerprint density at radius 3 is 2.68 bits per heavy atom. The van der Waals surface area contributed by atoms with Gasteiger partial charge in [0, 0.05) is 36.8 Å². The normalized spacial score (nSPS) is 14.0. The maximum atomic E-state index is 13.2. The molecule has 0 spiro atoms. The molecule has 1 aliphatic heterocycles. The molecule has 1 aromatic carbocycles. The number of aromatic hydroxyl groups is 1. The number of Topliss-reactive ketones (excluding diaryl/α,β-unsaturated/α-hetero) is 1. The predicted octanol–water partition coefficient (Wildman–Crippen LogP) is 3.29. The van der Waals surface area contributed by atoms with Crippen LogP contribution < -0.4 is 10.5 Å². The summed E-state index contributed by atoms with van der Waals surface area (Å²) in [4.78, 5) is 37.3. The number of nitrogens with zero attached hydrogens (tertiary/aromatic N) is 4. The third-order valence-corrected chi connectivity index (χ3v) is 6.69. The van der Waals surface area contributed by atoms with Crippen LogP contribution in [0.1, 0.15) is 27.7 Å². The number of anilines is 1. The molecule has 34 heavy (non-hydrogen) atoms. The van der Waals surface area contributed by atoms with Crippen LogP contribution >= 0.6 is 11.3 Å². The molecule has 0 radical (unpaired) electrons. The summed E-state index contributed by atoms with van der Waals surface area (Å²) in [5, 5.41) is 11.1. The van der Waals surface area contributed by atoms with E-state index in [0.717, 1.165) is 10.4 Å². The molecule has 1 aliphatic rings. The molecule has 0 atom stereocenters. The molecule has 5 rings (SSSR count). The molecule has 0 aliphatic carbocycles. The van der Waals surface area contributed by atoms with Crippen LogP contribution in [-0.4, -0.2) is 51.6 Å². The molecule has 1 saturated heterocycles. The van der Waals surface area contributed by atoms with Crippen molar-refractivity contribution >= 4 is 28.5 Å². The molecule has 174 valence electrons. The van der Waals surface area contributed by atoms with Gasteiger partial charge in [0.25, 0.3) is 0 Å². The highest BCUT2D eigenvalue weighted by Crippen LogP contribution is 2.31. The van der Waals surface area contributed by atoms with Crippen molar-refractivity contribution in [2.75, 3.05) is 31.2 Å². The Morgan fingerprint density at radius 1 is 1.24 bits per heavy atom. The lowest BCUT2D eigenvalue weighted by Gasteiger charge is -2.29. The summed E-state index contributed by atoms with van der Waals surface area (Å²) >= 11 is 1.27. The van der Waals surface area contributed by atoms with Crippen LogP contribution in [0.3, 0.4) is 0 Å². The van der Waals surface area contributed by atoms with Crippen molar-refractivity contribution < 1.29 is 19.0 Å². The average Bonchev–Trinajstić information content (AvgIpc) is 3.31. The van der Waals surface area contributed by atoms with E-state index in [1.165, 1.54) is 34.8 Å². The van der Waals surface area contributed by atoms with Gasteiger partial charge in [-0.05, 0) is 30.7 Å². The number of ether oxygens (including phenoxy) is 1. The largest absolute Gasteiger partial charge is 0.501 e. The quantitative estimate of drug-likeness (QED) is 0.438. The smallest absolute Gasteiger partial charge is 0.300 e. The number of aromatic nitrogens is 3. The first-order valence-electron chi connectivity index (χ1n) is 10.7. The summed E-state index contributed by atoms with van der Waals surface area (Å²) in [6.45, 7) is 3.78. The molecule has 1 N–H and O–H groups in total. The van der Waals surface area contributed by atoms with Crippen LogP contribution in [0.4, 0.5) is 10.1 Å². The zero-order chi connectivity index (χ0) is 23.8. The van der Waals surface area contributed by atoms with Crippen molar-refractivity contribution in [1.29, 1.82) is 0 Å². The lowest BCUT2D eigenvalue weighted by atomic mass is 10.1. The third-order valence-electron chi connectivity index (χ3n) is 5.69. The van der Waals surface area contributed by atoms with Gasteiger partial charge in [0.05, 0.1) is 24.5 Å². The summed E-state index contributed by atoms with van der Waals surface area (Å²) in [5.41, 5.74) is 1.40. The number of hydrogen-bond donors (Lipinski definition) is 1. The van der Waals surface area contributed by atoms with Crippen LogP contribution in [0.25, 0.3) is 16.3 Å². The van der Waals surface area contributed by atoms with Crippen LogP contribution in [-0.2, 0) is 11.2 Å². The Kier molecular flexibility index (Phi) is 5.84. The Morgan fingerprint density at radius 2 is 1.97 bits per heavy atom. The number of carbonyl (C=O) groups is 1. The number of benzene rings is 1. The van der Waals surface area contributed by atoms with Gasteiger partial charge >= 0.3 is 5.56 Å². The second-order valence-corrected chi connectivity index (χ2v) is 9.13. The standard InChI is InChI=1S/C24H21FN4O4S/c1-14(30)19-11-17(28-6-8-33-9-7-28)13-29-22(19)27-20(21(31)24(29)32)23-26-12-18(34-23)10-15-2-4-16(25)5-3-15/h2-5,11-13,31H,6-10H2,1H3. The van der Waals surface area contributed by atoms with Crippen molar-refractivity contribution in [3.8, 4) is 16.5 Å². The highest BCUT2D eigenvalue weighted by atomic mass is 32.1. The molecule has 0 amide bonds. The molecule has 1 fully saturated rings. The van der Waals surface area contributed by atoms with E-state index < -0.39 is 11.3 Å². The second-order valence-electron chi connectivity index (χ2n) is 8.01. The monoisotopic (exact) mass is 480 g/mol. The first-order chi connectivity index (χ1) is 16.4. The predicted molar refractivity (Wildman–Crippen MR) is 126 cm³/mol. The Labute approximate surface area is 197 Å². The second kappa shape index (κ2) is 8.96. The number of fused-ring (bicyclic) bond motifs is 1. The van der Waals surface area contributed by atoms with E-state index in [2.05, 4.69) is 9.97 Å². The minimum atomic E-state index is -0.673. The van der Waals surface area contributed by atoms with E-state index in [0.29, 0.717) is 43.4 Å². The first kappa shape index (κ1) is 22.2. The number of hydrogen-bond acceptors (Lipinski definition) is 8. The van der Waals surface area contributed by atoms with Crippen LogP contribution in [0.2, 0.25) is 0 Å². The molecule has 0 saturated carbocycles. The average molecular weight is 481 g/mol. The number of ketones is 1. The molecule has 4 aromatic rings. The topological polar surface area (TPSA) is 97.0 Å². The molecular formula is C24H21FN4O4S. The van der Waals surface area contributed by atoms with Gasteiger partial charge in [-0.2, -0.15) is 0 Å². The lowest BCUT2D eigenvalue weighted by molar-refractivity contribution is 0.101. The molecule has 0 unspecified atom stereocenters. The summed E-state index contributed by atoms with van der Waals surface area (Å²) < 4.78 is 19.8. The van der Waals surface area contributed by atoms with E-state index >= 15 is 0 Å². The van der Waals surface area contributed by atoms with Crippen molar-refractivity contribution in [3.63, 3.8) is 0 Å². The maximum absolute atomic E-state index is 13.2. The van der Waals surface area contributed by atoms with E-state index in [1.807, 2.05) is 4.90 Å². The van der Waals surface area contributed by atoms with E-state index in [1.54, 1.807) is 30.6 Å². The van der Waals surface area contributed by atoms with Gasteiger partial charge in [0.1, 0.15) is 16.5 Å². The summed E-state index contributed by atoms with van der Waals surface area (Å²) in [6, 6.07) is 7.89. The number of carbonyl (C=O) groups excluding carboxylic acids is 1. The van der Waals surface area contributed by atoms with Gasteiger partial charge in [0.15, 0.2) is 11.4 Å². The zero-order valence-electron chi connectivity index (χ0n) is 18.3. The van der Waals surface area contributed by atoms with Gasteiger partial charge in [-0.25, -0.2) is 14.4 Å². The van der Waals surface area contributed by atoms with Crippen LogP contribution in [0.5, 0.6) is 5.75 Å². The first-order valence-corrected chi connectivity index (χ1v) is 11.5. The van der Waals surface area contributed by atoms with Crippen LogP contribution in [0, 0.1) is 5.82 Å². The summed E-state index contributed by atoms with van der Waals surface area (Å²) in [6.07, 6.45) is 3.75. The molecule has 8 nitrogen and oxygen atoms in total. The fourth-order valence-corrected chi connectivity index (χ4v) is 4.86. The van der Waals surface area contributed by atoms with Crippen LogP contribution in [0.15, 0.2) is 47.5 Å². The lowest BCUT2D eigenvalue weighted by Crippen LogP contribution is -2.36. The molecule has 3 aromatic heterocycles. The molecule has 4 heterocycles. The van der Waals surface area contributed by atoms with Gasteiger partial charge in [0.2, 0.25) is 5.75 Å². The Balaban J connectivity index is 1.57. The molecule has 0 bridgehead atoms. The summed E-state index contributed by atoms with van der Waals surface area (Å²) in [7, 11) is 0. The van der Waals surface area contributed by atoms with Gasteiger partial charge in [-0.1, -0.05) is 12.1 Å². The van der Waals surface area contributed by atoms with E-state index in [-0.39, 0.29) is 28.5 Å². The highest BCUT2D eigenvalue weighted by Gasteiger charge is 2.22. The highest BCUT2D eigenvalue weighted by molar-refractivity contribution is 7.15. The van der Waals surface area contributed by atoms with Gasteiger partial charge in [-0.15, -0.1) is 11.3 Å². The minimum absolute atomic E-state index is 0.0296. The minimum Gasteiger partial charge on any atom is -0.501 e. The van der Waals surface area contributed by atoms with E-state index in [4.69, 9.17) is 4.74 Å². The number of halogens is 1.